The lowest BCUT2D eigenvalue weighted by atomic mass is 10.0. The molecule has 1 unspecified atom stereocenters. The van der Waals surface area contributed by atoms with E-state index in [0.717, 1.165) is 6.42 Å². The Labute approximate surface area is 244 Å². The molecule has 2 aromatic carbocycles. The number of aryl methyl sites for hydroxylation is 1. The van der Waals surface area contributed by atoms with Gasteiger partial charge < -0.3 is 14.6 Å². The summed E-state index contributed by atoms with van der Waals surface area (Å²) in [4.78, 5) is 24.6. The van der Waals surface area contributed by atoms with E-state index in [1.807, 2.05) is 13.8 Å². The quantitative estimate of drug-likeness (QED) is 0.265. The summed E-state index contributed by atoms with van der Waals surface area (Å²) >= 11 is 0. The van der Waals surface area contributed by atoms with Gasteiger partial charge in [-0.2, -0.15) is 15.2 Å². The Morgan fingerprint density at radius 2 is 1.81 bits per heavy atom. The van der Waals surface area contributed by atoms with Crippen LogP contribution < -0.4 is 15.0 Å². The van der Waals surface area contributed by atoms with E-state index in [2.05, 4.69) is 21.0 Å². The van der Waals surface area contributed by atoms with E-state index in [1.54, 1.807) is 24.3 Å². The maximum Gasteiger partial charge on any atom is 0.319 e. The highest BCUT2D eigenvalue weighted by molar-refractivity contribution is 7.91. The molecule has 4 rings (SSSR count). The first-order chi connectivity index (χ1) is 20.2. The van der Waals surface area contributed by atoms with Crippen LogP contribution in [0, 0.1) is 11.3 Å². The molecule has 42 heavy (non-hydrogen) atoms. The molecule has 0 bridgehead atoms. The molecule has 0 saturated heterocycles. The van der Waals surface area contributed by atoms with E-state index in [0.29, 0.717) is 41.5 Å². The average molecular weight is 590 g/mol. The third kappa shape index (κ3) is 5.82. The molecule has 2 aromatic heterocycles. The van der Waals surface area contributed by atoms with Gasteiger partial charge in [-0.05, 0) is 48.2 Å². The number of hydrogen-bond donors (Lipinski definition) is 1. The number of benzene rings is 2. The number of unbranched alkanes of at least 4 members (excludes halogenated alkanes) is 1. The molecule has 2 heterocycles. The van der Waals surface area contributed by atoms with Gasteiger partial charge in [0.25, 0.3) is 5.56 Å². The molecule has 12 heteroatoms. The largest absolute Gasteiger partial charge is 0.493 e. The zero-order valence-corrected chi connectivity index (χ0v) is 24.6. The summed E-state index contributed by atoms with van der Waals surface area (Å²) in [5, 5.41) is 20.9. The van der Waals surface area contributed by atoms with Crippen molar-refractivity contribution in [1.29, 1.82) is 5.26 Å². The zero-order valence-electron chi connectivity index (χ0n) is 23.7. The van der Waals surface area contributed by atoms with Gasteiger partial charge in [0.2, 0.25) is 21.6 Å². The van der Waals surface area contributed by atoms with Crippen LogP contribution in [0.5, 0.6) is 17.8 Å². The normalized spacial score (nSPS) is 12.0. The lowest BCUT2D eigenvalue weighted by Gasteiger charge is -2.25. The van der Waals surface area contributed by atoms with Gasteiger partial charge in [0.1, 0.15) is 5.82 Å². The predicted octanol–water partition coefficient (Wildman–Crippen LogP) is 4.47. The van der Waals surface area contributed by atoms with Crippen molar-refractivity contribution in [2.45, 2.75) is 55.4 Å². The van der Waals surface area contributed by atoms with Crippen molar-refractivity contribution in [3.63, 3.8) is 0 Å². The minimum Gasteiger partial charge on any atom is -0.493 e. The van der Waals surface area contributed by atoms with Crippen LogP contribution in [0.1, 0.15) is 56.1 Å². The molecule has 1 atom stereocenters. The van der Waals surface area contributed by atoms with Crippen molar-refractivity contribution in [3.8, 4) is 35.0 Å². The van der Waals surface area contributed by atoms with Crippen LogP contribution in [-0.2, 0) is 16.3 Å². The fourth-order valence-corrected chi connectivity index (χ4v) is 6.08. The van der Waals surface area contributed by atoms with Gasteiger partial charge in [-0.25, -0.2) is 13.4 Å². The van der Waals surface area contributed by atoms with Crippen LogP contribution in [0.2, 0.25) is 0 Å². The van der Waals surface area contributed by atoms with Crippen LogP contribution in [0.25, 0.3) is 11.1 Å². The lowest BCUT2D eigenvalue weighted by molar-refractivity contribution is 0.353. The Balaban J connectivity index is 1.85. The molecule has 0 aliphatic rings. The first kappa shape index (κ1) is 30.2. The van der Waals surface area contributed by atoms with Crippen LogP contribution >= 0.6 is 0 Å². The van der Waals surface area contributed by atoms with Crippen LogP contribution in [0.4, 0.5) is 0 Å². The highest BCUT2D eigenvalue weighted by atomic mass is 32.2. The predicted molar refractivity (Wildman–Crippen MR) is 154 cm³/mol. The third-order valence-electron chi connectivity index (χ3n) is 6.84. The second-order valence-corrected chi connectivity index (χ2v) is 11.3. The number of aromatic hydroxyl groups is 1. The summed E-state index contributed by atoms with van der Waals surface area (Å²) in [6.45, 7) is 3.85. The van der Waals surface area contributed by atoms with Gasteiger partial charge in [0.05, 0.1) is 42.4 Å². The van der Waals surface area contributed by atoms with Gasteiger partial charge in [0, 0.05) is 12.6 Å². The van der Waals surface area contributed by atoms with Crippen LogP contribution in [-0.4, -0.2) is 47.3 Å². The number of methoxy groups -OCH3 is 2. The number of sulfone groups is 1. The Bertz CT molecular complexity index is 1800. The first-order valence-corrected chi connectivity index (χ1v) is 14.8. The van der Waals surface area contributed by atoms with Crippen LogP contribution in [0.15, 0.2) is 69.3 Å². The summed E-state index contributed by atoms with van der Waals surface area (Å²) in [6.07, 6.45) is 3.75. The lowest BCUT2D eigenvalue weighted by Crippen LogP contribution is -2.27. The van der Waals surface area contributed by atoms with Crippen molar-refractivity contribution in [1.82, 2.24) is 19.5 Å². The molecule has 0 spiro atoms. The standard InChI is InChI=1S/C30H31N5O6S/c1-5-7-11-25-33-27(36)26(29(37)35(25)24(6-2)21-10-8-9-19(16-21)17-31)42(38,39)22-14-12-20(13-15-22)23-18-32-30(41-4)34-28(23)40-3/h8-10,12-16,18,24,37H,5-7,11H2,1-4H3. The van der Waals surface area contributed by atoms with Gasteiger partial charge in [-0.15, -0.1) is 0 Å². The monoisotopic (exact) mass is 589 g/mol. The topological polar surface area (TPSA) is 157 Å². The van der Waals surface area contributed by atoms with Gasteiger partial charge in [0.15, 0.2) is 4.90 Å². The number of ether oxygens (including phenoxy) is 2. The summed E-state index contributed by atoms with van der Waals surface area (Å²) in [7, 11) is -1.64. The van der Waals surface area contributed by atoms with Crippen molar-refractivity contribution in [2.24, 2.45) is 0 Å². The number of aromatic nitrogens is 4. The van der Waals surface area contributed by atoms with Crippen molar-refractivity contribution in [2.75, 3.05) is 14.2 Å². The Morgan fingerprint density at radius 3 is 2.43 bits per heavy atom. The van der Waals surface area contributed by atoms with Crippen molar-refractivity contribution < 1.29 is 23.0 Å². The highest BCUT2D eigenvalue weighted by Gasteiger charge is 2.32. The average Bonchev–Trinajstić information content (AvgIpc) is 3.01. The van der Waals surface area contributed by atoms with Crippen LogP contribution in [0.3, 0.4) is 0 Å². The van der Waals surface area contributed by atoms with E-state index in [1.165, 1.54) is 49.2 Å². The van der Waals surface area contributed by atoms with Crippen molar-refractivity contribution >= 4 is 9.84 Å². The smallest absolute Gasteiger partial charge is 0.319 e. The van der Waals surface area contributed by atoms with Gasteiger partial charge >= 0.3 is 6.01 Å². The number of rotatable bonds is 11. The number of nitriles is 1. The zero-order chi connectivity index (χ0) is 30.4. The summed E-state index contributed by atoms with van der Waals surface area (Å²) in [5.74, 6) is -0.185. The van der Waals surface area contributed by atoms with E-state index in [4.69, 9.17) is 9.47 Å². The molecular formula is C30H31N5O6S. The van der Waals surface area contributed by atoms with Gasteiger partial charge in [-0.3, -0.25) is 9.36 Å². The fraction of sp³-hybridized carbons (Fsp3) is 0.300. The maximum atomic E-state index is 13.8. The second kappa shape index (κ2) is 12.8. The molecule has 4 aromatic rings. The van der Waals surface area contributed by atoms with Crippen molar-refractivity contribution in [3.05, 3.63) is 82.0 Å². The summed E-state index contributed by atoms with van der Waals surface area (Å²) in [6, 6.07) is 14.2. The second-order valence-electron chi connectivity index (χ2n) is 9.43. The highest BCUT2D eigenvalue weighted by Crippen LogP contribution is 2.35. The molecular weight excluding hydrogens is 558 g/mol. The number of nitrogens with zero attached hydrogens (tertiary/aromatic N) is 5. The number of hydrogen-bond acceptors (Lipinski definition) is 10. The molecule has 0 amide bonds. The molecule has 0 aliphatic carbocycles. The Kier molecular flexibility index (Phi) is 9.22. The van der Waals surface area contributed by atoms with E-state index < -0.39 is 32.2 Å². The summed E-state index contributed by atoms with van der Waals surface area (Å²) in [5.41, 5.74) is 1.12. The minimum absolute atomic E-state index is 0.112. The van der Waals surface area contributed by atoms with E-state index in [-0.39, 0.29) is 22.6 Å². The van der Waals surface area contributed by atoms with E-state index >= 15 is 0 Å². The minimum atomic E-state index is -4.50. The first-order valence-electron chi connectivity index (χ1n) is 13.3. The molecule has 0 saturated carbocycles. The molecule has 0 fully saturated rings. The molecule has 11 nitrogen and oxygen atoms in total. The molecule has 0 aliphatic heterocycles. The van der Waals surface area contributed by atoms with Gasteiger partial charge in [-0.1, -0.05) is 44.5 Å². The molecule has 218 valence electrons. The third-order valence-corrected chi connectivity index (χ3v) is 8.63. The summed E-state index contributed by atoms with van der Waals surface area (Å²) < 4.78 is 39.4. The SMILES string of the molecule is CCCCc1nc(=O)c(S(=O)(=O)c2ccc(-c3cnc(OC)nc3OC)cc2)c(O)n1C(CC)c1cccc(C#N)c1. The molecule has 0 radical (unpaired) electrons. The Morgan fingerprint density at radius 1 is 1.07 bits per heavy atom. The fourth-order valence-electron chi connectivity index (χ4n) is 4.74. The Hall–Kier alpha value is -4.76. The molecule has 1 N–H and O–H groups in total. The van der Waals surface area contributed by atoms with E-state index in [9.17, 15) is 23.6 Å². The maximum absolute atomic E-state index is 13.8.